The van der Waals surface area contributed by atoms with Crippen LogP contribution < -0.4 is 5.32 Å². The van der Waals surface area contributed by atoms with Crippen LogP contribution >= 0.6 is 0 Å². The highest BCUT2D eigenvalue weighted by Crippen LogP contribution is 2.05. The molecule has 1 rings (SSSR count). The summed E-state index contributed by atoms with van der Waals surface area (Å²) < 4.78 is 10.6. The molecular weight excluding hydrogens is 118 g/mol. The van der Waals surface area contributed by atoms with Gasteiger partial charge in [0.05, 0.1) is 19.3 Å². The maximum atomic E-state index is 5.30. The zero-order valence-electron chi connectivity index (χ0n) is 5.89. The molecule has 1 fully saturated rings. The van der Waals surface area contributed by atoms with E-state index < -0.39 is 0 Å². The highest BCUT2D eigenvalue weighted by Gasteiger charge is 2.19. The van der Waals surface area contributed by atoms with Crippen LogP contribution in [0.25, 0.3) is 0 Å². The zero-order valence-corrected chi connectivity index (χ0v) is 5.89. The van der Waals surface area contributed by atoms with Crippen LogP contribution in [0.3, 0.4) is 0 Å². The Labute approximate surface area is 55.3 Å². The predicted molar refractivity (Wildman–Crippen MR) is 34.2 cm³/mol. The van der Waals surface area contributed by atoms with Crippen LogP contribution in [0, 0.1) is 0 Å². The summed E-state index contributed by atoms with van der Waals surface area (Å²) in [6.45, 7) is 3.43. The molecule has 54 valence electrons. The minimum absolute atomic E-state index is 0.0822. The second-order valence-electron chi connectivity index (χ2n) is 2.16. The van der Waals surface area contributed by atoms with E-state index in [-0.39, 0.29) is 12.3 Å². The summed E-state index contributed by atoms with van der Waals surface area (Å²) >= 11 is 0. The minimum atomic E-state index is 0.0822. The minimum Gasteiger partial charge on any atom is -0.372 e. The average Bonchev–Trinajstić information content (AvgIpc) is 1.89. The Kier molecular flexibility index (Phi) is 2.45. The molecule has 0 amide bonds. The van der Waals surface area contributed by atoms with Crippen LogP contribution in [-0.4, -0.2) is 32.6 Å². The Morgan fingerprint density at radius 2 is 2.00 bits per heavy atom. The second kappa shape index (κ2) is 3.15. The van der Waals surface area contributed by atoms with Gasteiger partial charge in [0.1, 0.15) is 6.23 Å². The largest absolute Gasteiger partial charge is 0.372 e. The van der Waals surface area contributed by atoms with Crippen molar-refractivity contribution < 1.29 is 9.47 Å². The first-order chi connectivity index (χ1) is 4.34. The fourth-order valence-electron chi connectivity index (χ4n) is 0.950. The Morgan fingerprint density at radius 3 is 2.44 bits per heavy atom. The summed E-state index contributed by atoms with van der Waals surface area (Å²) in [5.41, 5.74) is 0. The maximum Gasteiger partial charge on any atom is 0.134 e. The van der Waals surface area contributed by atoms with Crippen molar-refractivity contribution in [2.24, 2.45) is 0 Å². The molecule has 0 aromatic heterocycles. The summed E-state index contributed by atoms with van der Waals surface area (Å²) in [6.07, 6.45) is 0.266. The van der Waals surface area contributed by atoms with Crippen molar-refractivity contribution in [2.45, 2.75) is 19.3 Å². The van der Waals surface area contributed by atoms with Crippen LogP contribution in [-0.2, 0) is 9.47 Å². The smallest absolute Gasteiger partial charge is 0.134 e. The first-order valence-corrected chi connectivity index (χ1v) is 3.25. The van der Waals surface area contributed by atoms with Gasteiger partial charge < -0.3 is 9.47 Å². The number of rotatable bonds is 1. The van der Waals surface area contributed by atoms with Crippen molar-refractivity contribution in [3.05, 3.63) is 0 Å². The van der Waals surface area contributed by atoms with Crippen molar-refractivity contribution in [2.75, 3.05) is 20.3 Å². The van der Waals surface area contributed by atoms with E-state index in [9.17, 15) is 0 Å². The van der Waals surface area contributed by atoms with E-state index in [1.165, 1.54) is 0 Å². The normalized spacial score (nSPS) is 36.7. The van der Waals surface area contributed by atoms with Gasteiger partial charge in [0.2, 0.25) is 0 Å². The summed E-state index contributed by atoms with van der Waals surface area (Å²) in [4.78, 5) is 0. The van der Waals surface area contributed by atoms with Crippen LogP contribution in [0.15, 0.2) is 0 Å². The molecule has 0 aromatic rings. The topological polar surface area (TPSA) is 30.5 Å². The van der Waals surface area contributed by atoms with Gasteiger partial charge in [-0.2, -0.15) is 0 Å². The number of nitrogens with one attached hydrogen (secondary N) is 1. The molecule has 1 saturated heterocycles. The molecule has 1 N–H and O–H groups in total. The van der Waals surface area contributed by atoms with Gasteiger partial charge in [-0.1, -0.05) is 0 Å². The van der Waals surface area contributed by atoms with Gasteiger partial charge in [-0.15, -0.1) is 0 Å². The predicted octanol–water partition coefficient (Wildman–Crippen LogP) is -0.0328. The Balaban J connectivity index is 2.30. The molecule has 0 aliphatic carbocycles. The van der Waals surface area contributed by atoms with Crippen molar-refractivity contribution in [3.8, 4) is 0 Å². The number of ether oxygens (including phenoxy) is 2. The van der Waals surface area contributed by atoms with Gasteiger partial charge in [0.25, 0.3) is 0 Å². The highest BCUT2D eigenvalue weighted by atomic mass is 16.6. The SMILES string of the molecule is CNC1OCCOC1C. The lowest BCUT2D eigenvalue weighted by molar-refractivity contribution is -0.141. The van der Waals surface area contributed by atoms with Crippen molar-refractivity contribution in [1.29, 1.82) is 0 Å². The van der Waals surface area contributed by atoms with E-state index in [0.29, 0.717) is 6.61 Å². The summed E-state index contributed by atoms with van der Waals surface area (Å²) in [5, 5.41) is 3.01. The molecule has 1 aliphatic heterocycles. The molecule has 2 atom stereocenters. The van der Waals surface area contributed by atoms with E-state index in [1.807, 2.05) is 14.0 Å². The van der Waals surface area contributed by atoms with E-state index in [0.717, 1.165) is 6.61 Å². The van der Waals surface area contributed by atoms with E-state index >= 15 is 0 Å². The molecule has 0 saturated carbocycles. The highest BCUT2D eigenvalue weighted by molar-refractivity contribution is 4.64. The maximum absolute atomic E-state index is 5.30. The fourth-order valence-corrected chi connectivity index (χ4v) is 0.950. The lowest BCUT2D eigenvalue weighted by Gasteiger charge is -2.28. The Bertz CT molecular complexity index is 87.1. The van der Waals surface area contributed by atoms with Gasteiger partial charge in [0.15, 0.2) is 0 Å². The van der Waals surface area contributed by atoms with Gasteiger partial charge in [-0.3, -0.25) is 5.32 Å². The molecule has 0 bridgehead atoms. The van der Waals surface area contributed by atoms with Crippen LogP contribution in [0.4, 0.5) is 0 Å². The van der Waals surface area contributed by atoms with E-state index in [2.05, 4.69) is 5.32 Å². The third-order valence-electron chi connectivity index (χ3n) is 1.47. The van der Waals surface area contributed by atoms with Crippen LogP contribution in [0.1, 0.15) is 6.92 Å². The van der Waals surface area contributed by atoms with E-state index in [4.69, 9.17) is 9.47 Å². The zero-order chi connectivity index (χ0) is 6.69. The third kappa shape index (κ3) is 1.64. The van der Waals surface area contributed by atoms with Gasteiger partial charge in [-0.25, -0.2) is 0 Å². The molecule has 1 heterocycles. The quantitative estimate of drug-likeness (QED) is 0.542. The Morgan fingerprint density at radius 1 is 1.33 bits per heavy atom. The average molecular weight is 131 g/mol. The number of likely N-dealkylation sites (N-methyl/N-ethyl adjacent to an activating group) is 1. The number of hydrogen-bond acceptors (Lipinski definition) is 3. The van der Waals surface area contributed by atoms with Crippen molar-refractivity contribution >= 4 is 0 Å². The first kappa shape index (κ1) is 6.99. The molecule has 9 heavy (non-hydrogen) atoms. The lowest BCUT2D eigenvalue weighted by Crippen LogP contribution is -2.44. The standard InChI is InChI=1S/C6H13NO2/c1-5-6(7-2)9-4-3-8-5/h5-7H,3-4H2,1-2H3. The molecule has 0 radical (unpaired) electrons. The molecule has 0 aromatic carbocycles. The van der Waals surface area contributed by atoms with Crippen molar-refractivity contribution in [3.63, 3.8) is 0 Å². The number of hydrogen-bond donors (Lipinski definition) is 1. The molecule has 2 unspecified atom stereocenters. The van der Waals surface area contributed by atoms with Gasteiger partial charge in [-0.05, 0) is 14.0 Å². The Hall–Kier alpha value is -0.120. The fraction of sp³-hybridized carbons (Fsp3) is 1.00. The summed E-state index contributed by atoms with van der Waals surface area (Å²) in [7, 11) is 1.87. The van der Waals surface area contributed by atoms with Gasteiger partial charge in [0, 0.05) is 0 Å². The van der Waals surface area contributed by atoms with Crippen LogP contribution in [0.5, 0.6) is 0 Å². The molecule has 3 nitrogen and oxygen atoms in total. The summed E-state index contributed by atoms with van der Waals surface area (Å²) in [5.74, 6) is 0. The molecule has 1 aliphatic rings. The molecular formula is C6H13NO2. The van der Waals surface area contributed by atoms with Crippen molar-refractivity contribution in [1.82, 2.24) is 5.32 Å². The second-order valence-corrected chi connectivity index (χ2v) is 2.16. The van der Waals surface area contributed by atoms with Gasteiger partial charge >= 0.3 is 0 Å². The van der Waals surface area contributed by atoms with Crippen LogP contribution in [0.2, 0.25) is 0 Å². The third-order valence-corrected chi connectivity index (χ3v) is 1.47. The first-order valence-electron chi connectivity index (χ1n) is 3.25. The monoisotopic (exact) mass is 131 g/mol. The van der Waals surface area contributed by atoms with E-state index in [1.54, 1.807) is 0 Å². The molecule has 0 spiro atoms. The molecule has 3 heteroatoms. The lowest BCUT2D eigenvalue weighted by atomic mass is 10.3. The summed E-state index contributed by atoms with van der Waals surface area (Å²) in [6, 6.07) is 0.